The van der Waals surface area contributed by atoms with E-state index < -0.39 is 0 Å². The fraction of sp³-hybridized carbons (Fsp3) is 0.714. The molecule has 0 saturated heterocycles. The van der Waals surface area contributed by atoms with E-state index in [-0.39, 0.29) is 11.1 Å². The van der Waals surface area contributed by atoms with Crippen LogP contribution < -0.4 is 15.5 Å². The maximum Gasteiger partial charge on any atom is 0.134 e. The summed E-state index contributed by atoms with van der Waals surface area (Å²) < 4.78 is 0. The van der Waals surface area contributed by atoms with Crippen LogP contribution in [0.4, 0.5) is 11.6 Å². The van der Waals surface area contributed by atoms with E-state index in [2.05, 4.69) is 40.5 Å². The Bertz CT molecular complexity index is 417. The van der Waals surface area contributed by atoms with E-state index in [0.29, 0.717) is 0 Å². The lowest BCUT2D eigenvalue weighted by molar-refractivity contribution is 0.516. The van der Waals surface area contributed by atoms with Gasteiger partial charge in [-0.25, -0.2) is 9.97 Å². The number of rotatable bonds is 4. The molecule has 5 heteroatoms. The Balaban J connectivity index is 2.94. The zero-order valence-corrected chi connectivity index (χ0v) is 13.2. The van der Waals surface area contributed by atoms with E-state index in [9.17, 15) is 0 Å². The molecule has 0 saturated carbocycles. The summed E-state index contributed by atoms with van der Waals surface area (Å²) >= 11 is 0. The molecule has 0 aliphatic heterocycles. The minimum absolute atomic E-state index is 0.0251. The first-order valence-corrected chi connectivity index (χ1v) is 6.56. The van der Waals surface area contributed by atoms with Crippen molar-refractivity contribution in [3.8, 4) is 0 Å². The number of nitrogens with two attached hydrogens (primary N) is 1. The monoisotopic (exact) mass is 265 g/mol. The van der Waals surface area contributed by atoms with E-state index in [4.69, 9.17) is 5.73 Å². The molecule has 1 aromatic rings. The lowest BCUT2D eigenvalue weighted by Gasteiger charge is -2.34. The Hall–Kier alpha value is -1.36. The van der Waals surface area contributed by atoms with Crippen LogP contribution in [0.15, 0.2) is 12.4 Å². The molecule has 1 heterocycles. The molecule has 19 heavy (non-hydrogen) atoms. The first-order chi connectivity index (χ1) is 8.50. The molecule has 2 N–H and O–H groups in total. The summed E-state index contributed by atoms with van der Waals surface area (Å²) in [6.07, 6.45) is 1.60. The third kappa shape index (κ3) is 4.67. The second kappa shape index (κ2) is 5.33. The highest BCUT2D eigenvalue weighted by Gasteiger charge is 2.20. The van der Waals surface area contributed by atoms with Crippen molar-refractivity contribution >= 4 is 11.6 Å². The third-order valence-electron chi connectivity index (χ3n) is 3.02. The van der Waals surface area contributed by atoms with Gasteiger partial charge in [-0.2, -0.15) is 0 Å². The largest absolute Gasteiger partial charge is 0.358 e. The topological polar surface area (TPSA) is 58.3 Å². The molecule has 0 aromatic carbocycles. The van der Waals surface area contributed by atoms with Crippen LogP contribution in [-0.4, -0.2) is 41.7 Å². The number of hydrogen-bond donors (Lipinski definition) is 1. The average Bonchev–Trinajstić information content (AvgIpc) is 2.24. The van der Waals surface area contributed by atoms with Gasteiger partial charge < -0.3 is 15.5 Å². The van der Waals surface area contributed by atoms with Gasteiger partial charge in [-0.3, -0.25) is 0 Å². The standard InChI is InChI=1S/C14H27N5/c1-13(2,3)19(7)12-8-11(16-10-17-12)18(6)9-14(4,5)15/h8,10H,9,15H2,1-7H3. The molecule has 0 aliphatic carbocycles. The van der Waals surface area contributed by atoms with Crippen molar-refractivity contribution in [1.29, 1.82) is 0 Å². The predicted molar refractivity (Wildman–Crippen MR) is 81.7 cm³/mol. The summed E-state index contributed by atoms with van der Waals surface area (Å²) in [4.78, 5) is 12.9. The van der Waals surface area contributed by atoms with Crippen LogP contribution in [0.5, 0.6) is 0 Å². The maximum atomic E-state index is 6.05. The fourth-order valence-electron chi connectivity index (χ4n) is 1.77. The second-order valence-electron chi connectivity index (χ2n) is 6.81. The van der Waals surface area contributed by atoms with Crippen molar-refractivity contribution in [3.05, 3.63) is 12.4 Å². The first kappa shape index (κ1) is 15.7. The summed E-state index contributed by atoms with van der Waals surface area (Å²) in [6.45, 7) is 11.2. The van der Waals surface area contributed by atoms with Gasteiger partial charge in [0.25, 0.3) is 0 Å². The van der Waals surface area contributed by atoms with Gasteiger partial charge >= 0.3 is 0 Å². The van der Waals surface area contributed by atoms with Crippen LogP contribution in [0, 0.1) is 0 Å². The molecule has 1 aromatic heterocycles. The Labute approximate surface area is 116 Å². The number of aromatic nitrogens is 2. The quantitative estimate of drug-likeness (QED) is 0.901. The van der Waals surface area contributed by atoms with Gasteiger partial charge in [0.05, 0.1) is 0 Å². The van der Waals surface area contributed by atoms with Crippen molar-refractivity contribution in [2.24, 2.45) is 5.73 Å². The Morgan fingerprint density at radius 1 is 1.05 bits per heavy atom. The lowest BCUT2D eigenvalue weighted by atomic mass is 10.1. The molecule has 0 fully saturated rings. The molecular formula is C14H27N5. The zero-order chi connectivity index (χ0) is 14.8. The summed E-state index contributed by atoms with van der Waals surface area (Å²) in [5, 5.41) is 0. The molecule has 0 unspecified atom stereocenters. The zero-order valence-electron chi connectivity index (χ0n) is 13.2. The van der Waals surface area contributed by atoms with Crippen molar-refractivity contribution in [2.75, 3.05) is 30.4 Å². The van der Waals surface area contributed by atoms with Gasteiger partial charge in [0.1, 0.15) is 18.0 Å². The summed E-state index contributed by atoms with van der Waals surface area (Å²) in [7, 11) is 4.04. The number of likely N-dealkylation sites (N-methyl/N-ethyl adjacent to an activating group) is 1. The van der Waals surface area contributed by atoms with Crippen LogP contribution >= 0.6 is 0 Å². The average molecular weight is 265 g/mol. The number of nitrogens with zero attached hydrogens (tertiary/aromatic N) is 4. The maximum absolute atomic E-state index is 6.05. The Morgan fingerprint density at radius 2 is 1.58 bits per heavy atom. The number of hydrogen-bond acceptors (Lipinski definition) is 5. The molecular weight excluding hydrogens is 238 g/mol. The smallest absolute Gasteiger partial charge is 0.134 e. The van der Waals surface area contributed by atoms with E-state index in [1.165, 1.54) is 0 Å². The summed E-state index contributed by atoms with van der Waals surface area (Å²) in [6, 6.07) is 2.00. The molecule has 0 amide bonds. The van der Waals surface area contributed by atoms with Crippen LogP contribution in [0.3, 0.4) is 0 Å². The fourth-order valence-corrected chi connectivity index (χ4v) is 1.77. The van der Waals surface area contributed by atoms with Gasteiger partial charge in [-0.05, 0) is 34.6 Å². The molecule has 1 rings (SSSR count). The highest BCUT2D eigenvalue weighted by molar-refractivity contribution is 5.50. The SMILES string of the molecule is CN(CC(C)(C)N)c1cc(N(C)C(C)(C)C)ncn1. The molecule has 0 bridgehead atoms. The van der Waals surface area contributed by atoms with Crippen molar-refractivity contribution in [2.45, 2.75) is 45.7 Å². The molecule has 108 valence electrons. The normalized spacial score (nSPS) is 12.4. The van der Waals surface area contributed by atoms with Crippen LogP contribution in [-0.2, 0) is 0 Å². The summed E-state index contributed by atoms with van der Waals surface area (Å²) in [5.41, 5.74) is 5.82. The van der Waals surface area contributed by atoms with Gasteiger partial charge in [-0.15, -0.1) is 0 Å². The van der Waals surface area contributed by atoms with E-state index in [1.807, 2.05) is 34.0 Å². The summed E-state index contributed by atoms with van der Waals surface area (Å²) in [5.74, 6) is 1.80. The van der Waals surface area contributed by atoms with Gasteiger partial charge in [0.15, 0.2) is 0 Å². The second-order valence-corrected chi connectivity index (χ2v) is 6.81. The third-order valence-corrected chi connectivity index (χ3v) is 3.02. The number of anilines is 2. The molecule has 0 radical (unpaired) electrons. The van der Waals surface area contributed by atoms with Crippen molar-refractivity contribution < 1.29 is 0 Å². The van der Waals surface area contributed by atoms with Crippen LogP contribution in [0.2, 0.25) is 0 Å². The van der Waals surface area contributed by atoms with Gasteiger partial charge in [-0.1, -0.05) is 0 Å². The van der Waals surface area contributed by atoms with Crippen LogP contribution in [0.25, 0.3) is 0 Å². The van der Waals surface area contributed by atoms with Crippen molar-refractivity contribution in [3.63, 3.8) is 0 Å². The Kier molecular flexibility index (Phi) is 4.40. The highest BCUT2D eigenvalue weighted by atomic mass is 15.2. The van der Waals surface area contributed by atoms with E-state index in [1.54, 1.807) is 6.33 Å². The van der Waals surface area contributed by atoms with Crippen molar-refractivity contribution in [1.82, 2.24) is 9.97 Å². The van der Waals surface area contributed by atoms with E-state index in [0.717, 1.165) is 18.2 Å². The molecule has 0 atom stereocenters. The molecule has 5 nitrogen and oxygen atoms in total. The lowest BCUT2D eigenvalue weighted by Crippen LogP contribution is -2.44. The minimum Gasteiger partial charge on any atom is -0.358 e. The van der Waals surface area contributed by atoms with Gasteiger partial charge in [0, 0.05) is 37.8 Å². The van der Waals surface area contributed by atoms with E-state index >= 15 is 0 Å². The van der Waals surface area contributed by atoms with Crippen LogP contribution in [0.1, 0.15) is 34.6 Å². The van der Waals surface area contributed by atoms with Gasteiger partial charge in [0.2, 0.25) is 0 Å². The minimum atomic E-state index is -0.254. The predicted octanol–water partition coefficient (Wildman–Crippen LogP) is 1.88. The molecule has 0 aliphatic rings. The molecule has 0 spiro atoms. The first-order valence-electron chi connectivity index (χ1n) is 6.56. The highest BCUT2D eigenvalue weighted by Crippen LogP contribution is 2.22. The Morgan fingerprint density at radius 3 is 2.05 bits per heavy atom.